The number of aliphatic carboxylic acids is 1. The fraction of sp³-hybridized carbons (Fsp3) is 0.617. The van der Waals surface area contributed by atoms with Crippen LogP contribution in [-0.2, 0) is 60.9 Å². The Bertz CT molecular complexity index is 2060. The number of aliphatic hydroxyl groups is 4. The minimum Gasteiger partial charge on any atom is -0.497 e. The standard InChI is InChI=1S/C21H19ClO2.C12H25N2O2P.C8H14O4.C7H12O4.C3H9O5P.C3H8O.C2H6O2.CH3F.3CH4/c1-23-19-12-8-17(9-13-19)21(22,16-6-4-3-5-7-16)18-10-14-20(24-2)15-11-18;1-6-9-15-17(16-10-7-8-13)14(11(2)3)12(4)5;1-3-6-12-8(10)5-4-7(9)11-2;1-2-5-11-7(10)4-3-6(8)9;1-7-9(5,6)8-3-2-4;1-2-3-4;3-1-2-4;1-2;;;/h3-15H,1-2H3;11-12H,6-7,9-10H2,1-5H3;3-6H2,1-2H3;2-5H2,1H3,(H,8,9);4H,2-3H2,1H3,(H,5,6);4H,2-3H2,1H3;3-4H,1-2H2;1H3;3*1H4/i;;;;;;;1D;;;. The summed E-state index contributed by atoms with van der Waals surface area (Å²) in [4.78, 5) is 49.6. The van der Waals surface area contributed by atoms with Crippen molar-refractivity contribution in [3.8, 4) is 17.6 Å². The van der Waals surface area contributed by atoms with Crippen LogP contribution >= 0.6 is 27.9 Å². The molecule has 86 heavy (non-hydrogen) atoms. The normalized spacial score (nSPS) is 10.9. The SMILES string of the molecule is C.C.C.CCCO.CCCOC(=O)CCC(=O)O.CCCOC(=O)CCC(=O)OC.CCCOP(OCCC#N)N(C(C)C)C(C)C.COP(=O)(O)OCCO.COc1ccc(C(Cl)(c2ccccc2)c2ccc(OC)cc2)cc1.OCCO.[2H]CF. The summed E-state index contributed by atoms with van der Waals surface area (Å²) in [5.41, 5.74) is 2.99. The van der Waals surface area contributed by atoms with Gasteiger partial charge in [0, 0.05) is 25.8 Å². The number of hydrogen-bond donors (Lipinski definition) is 6. The molecule has 3 rings (SSSR count). The summed E-state index contributed by atoms with van der Waals surface area (Å²) in [5.74, 6) is -0.528. The predicted molar refractivity (Wildman–Crippen MR) is 339 cm³/mol. The van der Waals surface area contributed by atoms with Crippen LogP contribution in [0, 0.1) is 11.3 Å². The number of esters is 3. The van der Waals surface area contributed by atoms with Gasteiger partial charge in [-0.15, -0.1) is 11.6 Å². The number of ether oxygens (including phenoxy) is 5. The second-order valence-electron chi connectivity index (χ2n) is 16.7. The third-order valence-corrected chi connectivity index (χ3v) is 13.1. The number of phosphoric acid groups is 1. The van der Waals surface area contributed by atoms with E-state index >= 15 is 0 Å². The molecule has 0 aromatic heterocycles. The highest BCUT2D eigenvalue weighted by molar-refractivity contribution is 7.47. The fourth-order valence-corrected chi connectivity index (χ4v) is 8.07. The first-order chi connectivity index (χ1) is 39.9. The van der Waals surface area contributed by atoms with E-state index in [1.807, 2.05) is 99.6 Å². The van der Waals surface area contributed by atoms with Crippen molar-refractivity contribution in [2.24, 2.45) is 0 Å². The second-order valence-corrected chi connectivity index (χ2v) is 20.2. The van der Waals surface area contributed by atoms with E-state index in [4.69, 9.17) is 71.9 Å². The predicted octanol–water partition coefficient (Wildman–Crippen LogP) is 12.2. The fourth-order valence-electron chi connectivity index (χ4n) is 5.59. The number of carboxylic acid groups (broad SMARTS) is 1. The van der Waals surface area contributed by atoms with E-state index in [0.29, 0.717) is 51.5 Å². The summed E-state index contributed by atoms with van der Waals surface area (Å²) in [7, 11) is -0.230. The Morgan fingerprint density at radius 3 is 1.34 bits per heavy atom. The average molecular weight is 1290 g/mol. The van der Waals surface area contributed by atoms with E-state index in [1.54, 1.807) is 14.2 Å². The molecule has 0 saturated carbocycles. The third-order valence-electron chi connectivity index (χ3n) is 9.35. The van der Waals surface area contributed by atoms with Crippen LogP contribution in [0.15, 0.2) is 78.9 Å². The van der Waals surface area contributed by atoms with Crippen molar-refractivity contribution in [3.05, 3.63) is 95.6 Å². The van der Waals surface area contributed by atoms with Crippen molar-refractivity contribution in [1.82, 2.24) is 4.67 Å². The number of hydrogen-bond acceptors (Lipinski definition) is 20. The molecule has 0 aliphatic heterocycles. The number of benzene rings is 3. The quantitative estimate of drug-likeness (QED) is 0.00902. The van der Waals surface area contributed by atoms with Crippen molar-refractivity contribution in [2.75, 3.05) is 95.1 Å². The molecule has 0 radical (unpaired) electrons. The van der Waals surface area contributed by atoms with Crippen molar-refractivity contribution < 1.29 is 102 Å². The van der Waals surface area contributed by atoms with E-state index in [2.05, 4.69) is 63.9 Å². The molecule has 22 nitrogen and oxygen atoms in total. The molecule has 0 bridgehead atoms. The number of phosphoric ester groups is 1. The Morgan fingerprint density at radius 2 is 1.02 bits per heavy atom. The third kappa shape index (κ3) is 52.3. The lowest BCUT2D eigenvalue weighted by atomic mass is 9.84. The van der Waals surface area contributed by atoms with Crippen LogP contribution in [0.25, 0.3) is 0 Å². The summed E-state index contributed by atoms with van der Waals surface area (Å²) >= 11 is 7.22. The van der Waals surface area contributed by atoms with E-state index in [1.165, 1.54) is 7.11 Å². The van der Waals surface area contributed by atoms with Crippen molar-refractivity contribution >= 4 is 51.8 Å². The lowest BCUT2D eigenvalue weighted by molar-refractivity contribution is -0.148. The molecule has 2 unspecified atom stereocenters. The van der Waals surface area contributed by atoms with Crippen LogP contribution in [0.1, 0.15) is 154 Å². The number of methoxy groups -OCH3 is 3. The Balaban J connectivity index is -0.000000147. The van der Waals surface area contributed by atoms with Gasteiger partial charge in [0.15, 0.2) is 0 Å². The van der Waals surface area contributed by atoms with E-state index < -0.39 is 40.3 Å². The molecule has 6 N–H and O–H groups in total. The summed E-state index contributed by atoms with van der Waals surface area (Å²) in [5, 5.41) is 48.0. The largest absolute Gasteiger partial charge is 0.497 e. The first-order valence-electron chi connectivity index (χ1n) is 27.3. The lowest BCUT2D eigenvalue weighted by Gasteiger charge is -2.35. The van der Waals surface area contributed by atoms with Crippen LogP contribution in [0.5, 0.6) is 11.5 Å². The van der Waals surface area contributed by atoms with Gasteiger partial charge in [-0.3, -0.25) is 32.6 Å². The molecular formula is C60H108ClFN2O20P2. The molecule has 3 aromatic carbocycles. The lowest BCUT2D eigenvalue weighted by Crippen LogP contribution is -2.33. The summed E-state index contributed by atoms with van der Waals surface area (Å²) < 4.78 is 72.0. The zero-order valence-electron chi connectivity index (χ0n) is 51.5. The second kappa shape index (κ2) is 66.1. The first kappa shape index (κ1) is 94.8. The van der Waals surface area contributed by atoms with Gasteiger partial charge < -0.3 is 63.2 Å². The number of carbonyl (C=O) groups is 4. The minimum atomic E-state index is -3.85. The van der Waals surface area contributed by atoms with Crippen LogP contribution < -0.4 is 9.47 Å². The molecule has 0 amide bonds. The highest BCUT2D eigenvalue weighted by Gasteiger charge is 2.34. The maximum Gasteiger partial charge on any atom is 0.471 e. The summed E-state index contributed by atoms with van der Waals surface area (Å²) in [6, 6.07) is 28.6. The molecule has 2 atom stereocenters. The van der Waals surface area contributed by atoms with E-state index in [0.717, 1.165) is 61.0 Å². The van der Waals surface area contributed by atoms with Gasteiger partial charge in [0.1, 0.15) is 16.4 Å². The van der Waals surface area contributed by atoms with Crippen molar-refractivity contribution in [3.63, 3.8) is 0 Å². The number of nitriles is 1. The van der Waals surface area contributed by atoms with Gasteiger partial charge in [-0.1, -0.05) is 105 Å². The number of rotatable bonds is 30. The molecule has 0 heterocycles. The molecule has 0 spiro atoms. The van der Waals surface area contributed by atoms with E-state index in [9.17, 15) is 28.1 Å². The maximum absolute atomic E-state index is 10.8. The molecular weight excluding hydrogens is 1190 g/mol. The van der Waals surface area contributed by atoms with Gasteiger partial charge in [-0.25, -0.2) is 9.24 Å². The molecule has 0 aliphatic rings. The van der Waals surface area contributed by atoms with Gasteiger partial charge in [-0.2, -0.15) is 5.26 Å². The summed E-state index contributed by atoms with van der Waals surface area (Å²) in [6.07, 6.45) is 3.84. The van der Waals surface area contributed by atoms with Gasteiger partial charge in [-0.05, 0) is 94.3 Å². The number of halogens is 2. The Morgan fingerprint density at radius 1 is 0.640 bits per heavy atom. The average Bonchev–Trinajstić information content (AvgIpc) is 1.34. The van der Waals surface area contributed by atoms with Crippen LogP contribution in [0.3, 0.4) is 0 Å². The monoisotopic (exact) mass is 1290 g/mol. The minimum absolute atomic E-state index is 0. The number of aliphatic hydroxyl groups excluding tert-OH is 4. The maximum atomic E-state index is 10.8. The number of alkyl halides is 2. The van der Waals surface area contributed by atoms with Gasteiger partial charge >= 0.3 is 31.7 Å². The Kier molecular flexibility index (Phi) is 72.8. The highest BCUT2D eigenvalue weighted by atomic mass is 35.5. The van der Waals surface area contributed by atoms with Crippen LogP contribution in [-0.4, -0.2) is 166 Å². The molecule has 0 saturated heterocycles. The highest BCUT2D eigenvalue weighted by Crippen LogP contribution is 2.46. The molecule has 26 heteroatoms. The summed E-state index contributed by atoms with van der Waals surface area (Å²) in [6.45, 7) is 17.9. The van der Waals surface area contributed by atoms with Crippen molar-refractivity contribution in [2.45, 2.75) is 152 Å². The first-order valence-corrected chi connectivity index (χ1v) is 29.6. The smallest absolute Gasteiger partial charge is 0.471 e. The van der Waals surface area contributed by atoms with Crippen LogP contribution in [0.2, 0.25) is 0 Å². The van der Waals surface area contributed by atoms with Gasteiger partial charge in [0.25, 0.3) is 8.53 Å². The number of carbonyl (C=O) groups excluding carboxylic acids is 3. The molecule has 3 aromatic rings. The van der Waals surface area contributed by atoms with Gasteiger partial charge in [0.05, 0.1) is 121 Å². The number of carboxylic acids is 1. The van der Waals surface area contributed by atoms with Crippen molar-refractivity contribution in [1.29, 1.82) is 5.26 Å². The Labute approximate surface area is 522 Å². The zero-order chi connectivity index (χ0) is 65.2. The Hall–Kier alpha value is -4.89. The molecule has 502 valence electrons. The topological polar surface area (TPSA) is 317 Å². The van der Waals surface area contributed by atoms with Gasteiger partial charge in [0.2, 0.25) is 0 Å². The number of nitrogens with zero attached hydrogens (tertiary/aromatic N) is 2. The molecule has 0 aliphatic carbocycles. The van der Waals surface area contributed by atoms with E-state index in [-0.39, 0.29) is 86.3 Å². The zero-order valence-corrected chi connectivity index (χ0v) is 53.1. The van der Waals surface area contributed by atoms with Crippen LogP contribution in [0.4, 0.5) is 4.39 Å². The molecule has 0 fully saturated rings.